The van der Waals surface area contributed by atoms with Crippen LogP contribution in [-0.2, 0) is 16.0 Å². The molecule has 1 saturated heterocycles. The monoisotopic (exact) mass is 332 g/mol. The van der Waals surface area contributed by atoms with Gasteiger partial charge in [-0.3, -0.25) is 4.79 Å². The van der Waals surface area contributed by atoms with Crippen molar-refractivity contribution in [2.45, 2.75) is 32.3 Å². The molecule has 1 amide bonds. The lowest BCUT2D eigenvalue weighted by Gasteiger charge is -2.09. The van der Waals surface area contributed by atoms with Crippen molar-refractivity contribution in [1.29, 1.82) is 0 Å². The Morgan fingerprint density at radius 2 is 2.35 bits per heavy atom. The van der Waals surface area contributed by atoms with E-state index in [0.717, 1.165) is 41.8 Å². The number of anilines is 2. The number of ether oxygens (including phenoxy) is 1. The Hall–Kier alpha value is -1.99. The van der Waals surface area contributed by atoms with Crippen LogP contribution in [0.15, 0.2) is 23.6 Å². The van der Waals surface area contributed by atoms with E-state index in [2.05, 4.69) is 20.6 Å². The van der Waals surface area contributed by atoms with Crippen LogP contribution in [0.3, 0.4) is 0 Å². The van der Waals surface area contributed by atoms with Gasteiger partial charge in [0.1, 0.15) is 5.82 Å². The summed E-state index contributed by atoms with van der Waals surface area (Å²) < 4.78 is 5.49. The first-order valence-corrected chi connectivity index (χ1v) is 8.60. The fourth-order valence-electron chi connectivity index (χ4n) is 2.43. The third-order valence-electron chi connectivity index (χ3n) is 3.57. The third-order valence-corrected chi connectivity index (χ3v) is 4.37. The average Bonchev–Trinajstić information content (AvgIpc) is 3.17. The molecule has 1 aliphatic heterocycles. The van der Waals surface area contributed by atoms with E-state index in [1.165, 1.54) is 11.3 Å². The summed E-state index contributed by atoms with van der Waals surface area (Å²) in [5, 5.41) is 8.70. The van der Waals surface area contributed by atoms with Crippen LogP contribution in [0.5, 0.6) is 0 Å². The van der Waals surface area contributed by atoms with Gasteiger partial charge in [0.2, 0.25) is 5.91 Å². The Morgan fingerprint density at radius 1 is 1.43 bits per heavy atom. The molecule has 0 radical (unpaired) electrons. The molecule has 2 aromatic heterocycles. The van der Waals surface area contributed by atoms with E-state index in [-0.39, 0.29) is 18.4 Å². The lowest BCUT2D eigenvalue weighted by atomic mass is 10.2. The molecule has 2 aromatic rings. The maximum Gasteiger partial charge on any atom is 0.226 e. The minimum absolute atomic E-state index is 0.0222. The van der Waals surface area contributed by atoms with E-state index >= 15 is 0 Å². The van der Waals surface area contributed by atoms with E-state index in [9.17, 15) is 4.79 Å². The van der Waals surface area contributed by atoms with Gasteiger partial charge >= 0.3 is 0 Å². The Bertz CT molecular complexity index is 668. The van der Waals surface area contributed by atoms with E-state index in [1.54, 1.807) is 0 Å². The van der Waals surface area contributed by atoms with Gasteiger partial charge in [0.05, 0.1) is 18.2 Å². The van der Waals surface area contributed by atoms with Crippen molar-refractivity contribution >= 4 is 28.2 Å². The molecule has 122 valence electrons. The Labute approximate surface area is 139 Å². The van der Waals surface area contributed by atoms with E-state index in [4.69, 9.17) is 4.74 Å². The van der Waals surface area contributed by atoms with Crippen LogP contribution in [0.25, 0.3) is 0 Å². The van der Waals surface area contributed by atoms with Crippen molar-refractivity contribution in [1.82, 2.24) is 15.3 Å². The molecule has 0 spiro atoms. The first-order chi connectivity index (χ1) is 11.2. The summed E-state index contributed by atoms with van der Waals surface area (Å²) in [6.07, 6.45) is 2.55. The van der Waals surface area contributed by atoms with Crippen LogP contribution < -0.4 is 10.6 Å². The van der Waals surface area contributed by atoms with Gasteiger partial charge in [0.25, 0.3) is 0 Å². The van der Waals surface area contributed by atoms with Gasteiger partial charge in [-0.15, -0.1) is 11.3 Å². The first-order valence-electron chi connectivity index (χ1n) is 7.72. The lowest BCUT2D eigenvalue weighted by molar-refractivity contribution is -0.121. The molecule has 0 aromatic carbocycles. The largest absolute Gasteiger partial charge is 0.376 e. The quantitative estimate of drug-likeness (QED) is 0.850. The summed E-state index contributed by atoms with van der Waals surface area (Å²) in [4.78, 5) is 20.8. The number of nitrogens with zero attached hydrogens (tertiary/aromatic N) is 2. The van der Waals surface area contributed by atoms with Crippen molar-refractivity contribution in [3.63, 3.8) is 0 Å². The van der Waals surface area contributed by atoms with E-state index in [1.807, 2.05) is 30.5 Å². The number of rotatable bonds is 6. The Kier molecular flexibility index (Phi) is 5.19. The topological polar surface area (TPSA) is 76.1 Å². The fourth-order valence-corrected chi connectivity index (χ4v) is 3.14. The molecular formula is C16H20N4O2S. The SMILES string of the molecule is Cc1cccc(Nc2nc(CC(=O)NCC3CCCO3)cs2)n1. The van der Waals surface area contributed by atoms with Crippen LogP contribution in [0.2, 0.25) is 0 Å². The molecule has 2 N–H and O–H groups in total. The number of aromatic nitrogens is 2. The number of carbonyl (C=O) groups excluding carboxylic acids is 1. The average molecular weight is 332 g/mol. The highest BCUT2D eigenvalue weighted by Crippen LogP contribution is 2.20. The molecule has 3 heterocycles. The molecule has 7 heteroatoms. The number of hydrogen-bond donors (Lipinski definition) is 2. The van der Waals surface area contributed by atoms with Gasteiger partial charge in [-0.25, -0.2) is 9.97 Å². The fraction of sp³-hybridized carbons (Fsp3) is 0.438. The summed E-state index contributed by atoms with van der Waals surface area (Å²) in [5.74, 6) is 0.736. The van der Waals surface area contributed by atoms with Crippen LogP contribution in [0.4, 0.5) is 10.9 Å². The minimum atomic E-state index is -0.0222. The predicted molar refractivity (Wildman–Crippen MR) is 90.1 cm³/mol. The van der Waals surface area contributed by atoms with Crippen LogP contribution in [-0.4, -0.2) is 35.1 Å². The first kappa shape index (κ1) is 15.9. The highest BCUT2D eigenvalue weighted by molar-refractivity contribution is 7.13. The molecular weight excluding hydrogens is 312 g/mol. The molecule has 1 aliphatic rings. The molecule has 0 aliphatic carbocycles. The summed E-state index contributed by atoms with van der Waals surface area (Å²) in [6, 6.07) is 5.77. The Morgan fingerprint density at radius 3 is 3.13 bits per heavy atom. The number of pyridine rings is 1. The normalized spacial score (nSPS) is 17.2. The van der Waals surface area contributed by atoms with Crippen molar-refractivity contribution in [2.75, 3.05) is 18.5 Å². The second kappa shape index (κ2) is 7.52. The number of aryl methyl sites for hydroxylation is 1. The molecule has 3 rings (SSSR count). The number of carbonyl (C=O) groups is 1. The smallest absolute Gasteiger partial charge is 0.226 e. The van der Waals surface area contributed by atoms with Gasteiger partial charge in [0.15, 0.2) is 5.13 Å². The summed E-state index contributed by atoms with van der Waals surface area (Å²) in [7, 11) is 0. The zero-order valence-corrected chi connectivity index (χ0v) is 13.9. The molecule has 23 heavy (non-hydrogen) atoms. The van der Waals surface area contributed by atoms with Crippen molar-refractivity contribution in [3.8, 4) is 0 Å². The van der Waals surface area contributed by atoms with Gasteiger partial charge in [-0.1, -0.05) is 6.07 Å². The number of hydrogen-bond acceptors (Lipinski definition) is 6. The summed E-state index contributed by atoms with van der Waals surface area (Å²) in [6.45, 7) is 3.33. The molecule has 1 atom stereocenters. The molecule has 0 bridgehead atoms. The molecule has 0 saturated carbocycles. The maximum absolute atomic E-state index is 11.9. The van der Waals surface area contributed by atoms with Gasteiger partial charge in [-0.05, 0) is 31.9 Å². The van der Waals surface area contributed by atoms with Crippen molar-refractivity contribution < 1.29 is 9.53 Å². The minimum Gasteiger partial charge on any atom is -0.376 e. The van der Waals surface area contributed by atoms with Crippen molar-refractivity contribution in [3.05, 3.63) is 35.0 Å². The molecule has 6 nitrogen and oxygen atoms in total. The Balaban J connectivity index is 1.49. The molecule has 1 fully saturated rings. The number of amides is 1. The standard InChI is InChI=1S/C16H20N4O2S/c1-11-4-2-6-14(18-11)20-16-19-12(10-23-16)8-15(21)17-9-13-5-3-7-22-13/h2,4,6,10,13H,3,5,7-9H2,1H3,(H,17,21)(H,18,19,20). The van der Waals surface area contributed by atoms with E-state index in [0.29, 0.717) is 6.54 Å². The summed E-state index contributed by atoms with van der Waals surface area (Å²) >= 11 is 1.47. The van der Waals surface area contributed by atoms with Crippen LogP contribution in [0, 0.1) is 6.92 Å². The van der Waals surface area contributed by atoms with Gasteiger partial charge in [-0.2, -0.15) is 0 Å². The predicted octanol–water partition coefficient (Wildman–Crippen LogP) is 2.43. The summed E-state index contributed by atoms with van der Waals surface area (Å²) in [5.41, 5.74) is 1.70. The second-order valence-corrected chi connectivity index (χ2v) is 6.41. The zero-order chi connectivity index (χ0) is 16.1. The lowest BCUT2D eigenvalue weighted by Crippen LogP contribution is -2.32. The van der Waals surface area contributed by atoms with Gasteiger partial charge in [0, 0.05) is 24.2 Å². The maximum atomic E-state index is 11.9. The highest BCUT2D eigenvalue weighted by Gasteiger charge is 2.16. The zero-order valence-electron chi connectivity index (χ0n) is 13.0. The highest BCUT2D eigenvalue weighted by atomic mass is 32.1. The van der Waals surface area contributed by atoms with Gasteiger partial charge < -0.3 is 15.4 Å². The third kappa shape index (κ3) is 4.74. The number of thiazole rings is 1. The van der Waals surface area contributed by atoms with Crippen LogP contribution >= 0.6 is 11.3 Å². The second-order valence-electron chi connectivity index (χ2n) is 5.55. The van der Waals surface area contributed by atoms with E-state index < -0.39 is 0 Å². The number of nitrogens with one attached hydrogen (secondary N) is 2. The van der Waals surface area contributed by atoms with Crippen molar-refractivity contribution in [2.24, 2.45) is 0 Å². The van der Waals surface area contributed by atoms with Crippen LogP contribution in [0.1, 0.15) is 24.2 Å². The molecule has 1 unspecified atom stereocenters.